The molecule has 0 saturated carbocycles. The van der Waals surface area contributed by atoms with Crippen LogP contribution in [0.1, 0.15) is 5.69 Å². The maximum atomic E-state index is 4.60. The number of aromatic nitrogens is 5. The molecule has 0 aliphatic heterocycles. The molecule has 23 heavy (non-hydrogen) atoms. The van der Waals surface area contributed by atoms with E-state index in [4.69, 9.17) is 0 Å². The van der Waals surface area contributed by atoms with Crippen molar-refractivity contribution in [3.05, 3.63) is 66.7 Å². The summed E-state index contributed by atoms with van der Waals surface area (Å²) in [5, 5.41) is 8.75. The lowest BCUT2D eigenvalue weighted by Gasteiger charge is -2.05. The Morgan fingerprint density at radius 2 is 1.74 bits per heavy atom. The number of hydrogen-bond donors (Lipinski definition) is 1. The molecule has 6 heteroatoms. The highest BCUT2D eigenvalue weighted by molar-refractivity contribution is 5.83. The largest absolute Gasteiger partial charge is 0.323 e. The molecule has 0 unspecified atom stereocenters. The summed E-state index contributed by atoms with van der Waals surface area (Å²) < 4.78 is 1.85. The van der Waals surface area contributed by atoms with E-state index in [0.717, 1.165) is 28.1 Å². The zero-order valence-corrected chi connectivity index (χ0v) is 12.5. The Morgan fingerprint density at radius 1 is 0.957 bits per heavy atom. The Labute approximate surface area is 132 Å². The molecule has 0 amide bonds. The minimum absolute atomic E-state index is 0.543. The van der Waals surface area contributed by atoms with E-state index >= 15 is 0 Å². The molecule has 0 atom stereocenters. The molecule has 4 rings (SSSR count). The quantitative estimate of drug-likeness (QED) is 0.629. The van der Waals surface area contributed by atoms with Crippen molar-refractivity contribution >= 4 is 22.7 Å². The fourth-order valence-electron chi connectivity index (χ4n) is 2.45. The molecular formula is C17H14N6. The first kappa shape index (κ1) is 13.4. The minimum Gasteiger partial charge on any atom is -0.323 e. The van der Waals surface area contributed by atoms with E-state index in [-0.39, 0.29) is 0 Å². The van der Waals surface area contributed by atoms with Gasteiger partial charge in [0.05, 0.1) is 23.3 Å². The van der Waals surface area contributed by atoms with Gasteiger partial charge in [0.1, 0.15) is 0 Å². The van der Waals surface area contributed by atoms with Gasteiger partial charge < -0.3 is 5.32 Å². The number of benzene rings is 1. The Balaban J connectivity index is 1.77. The average Bonchev–Trinajstić information content (AvgIpc) is 2.93. The third-order valence-electron chi connectivity index (χ3n) is 3.53. The van der Waals surface area contributed by atoms with Crippen molar-refractivity contribution in [1.29, 1.82) is 0 Å². The molecule has 6 nitrogen and oxygen atoms in total. The number of nitrogens with one attached hydrogen (secondary N) is 1. The summed E-state index contributed by atoms with van der Waals surface area (Å²) in [7, 11) is 0. The van der Waals surface area contributed by atoms with E-state index in [1.165, 1.54) is 0 Å². The number of nitrogens with zero attached hydrogens (tertiary/aromatic N) is 5. The van der Waals surface area contributed by atoms with Crippen molar-refractivity contribution in [3.63, 3.8) is 0 Å². The van der Waals surface area contributed by atoms with Crippen LogP contribution >= 0.6 is 0 Å². The fourth-order valence-corrected chi connectivity index (χ4v) is 2.45. The van der Waals surface area contributed by atoms with Gasteiger partial charge >= 0.3 is 0 Å². The minimum atomic E-state index is 0.543. The van der Waals surface area contributed by atoms with Crippen LogP contribution in [-0.4, -0.2) is 24.7 Å². The zero-order valence-electron chi connectivity index (χ0n) is 12.5. The first-order chi connectivity index (χ1) is 11.3. The van der Waals surface area contributed by atoms with E-state index in [1.54, 1.807) is 24.7 Å². The number of hydrogen-bond acceptors (Lipinski definition) is 5. The molecule has 0 saturated heterocycles. The molecule has 112 valence electrons. The van der Waals surface area contributed by atoms with Crippen LogP contribution in [0.4, 0.5) is 11.6 Å². The van der Waals surface area contributed by atoms with Crippen molar-refractivity contribution in [3.8, 4) is 5.69 Å². The highest BCUT2D eigenvalue weighted by Crippen LogP contribution is 2.23. The SMILES string of the molecule is Cc1nn(-c2ccccc2)c2ncc(Nc3ncccn3)cc12. The molecule has 4 aromatic rings. The van der Waals surface area contributed by atoms with Gasteiger partial charge in [-0.25, -0.2) is 19.6 Å². The molecule has 1 aromatic carbocycles. The molecule has 1 N–H and O–H groups in total. The normalized spacial score (nSPS) is 10.8. The summed E-state index contributed by atoms with van der Waals surface area (Å²) in [4.78, 5) is 12.9. The molecule has 3 heterocycles. The number of fused-ring (bicyclic) bond motifs is 1. The summed E-state index contributed by atoms with van der Waals surface area (Å²) in [6, 6.07) is 13.8. The van der Waals surface area contributed by atoms with Crippen LogP contribution < -0.4 is 5.32 Å². The number of pyridine rings is 1. The van der Waals surface area contributed by atoms with Crippen LogP contribution in [0.3, 0.4) is 0 Å². The number of para-hydroxylation sites is 1. The summed E-state index contributed by atoms with van der Waals surface area (Å²) in [5.41, 5.74) is 3.58. The van der Waals surface area contributed by atoms with Gasteiger partial charge in [-0.15, -0.1) is 0 Å². The maximum absolute atomic E-state index is 4.60. The van der Waals surface area contributed by atoms with Crippen molar-refractivity contribution in [2.24, 2.45) is 0 Å². The first-order valence-electron chi connectivity index (χ1n) is 7.26. The van der Waals surface area contributed by atoms with Crippen LogP contribution in [0.2, 0.25) is 0 Å². The van der Waals surface area contributed by atoms with Crippen LogP contribution in [0.15, 0.2) is 61.1 Å². The van der Waals surface area contributed by atoms with Gasteiger partial charge in [-0.1, -0.05) is 18.2 Å². The Bertz CT molecular complexity index is 947. The molecule has 0 fully saturated rings. The highest BCUT2D eigenvalue weighted by atomic mass is 15.3. The van der Waals surface area contributed by atoms with Gasteiger partial charge in [0.25, 0.3) is 0 Å². The second kappa shape index (κ2) is 5.49. The van der Waals surface area contributed by atoms with Crippen LogP contribution in [0, 0.1) is 6.92 Å². The first-order valence-corrected chi connectivity index (χ1v) is 7.26. The third kappa shape index (κ3) is 2.50. The molecule has 0 spiro atoms. The molecule has 0 aliphatic carbocycles. The topological polar surface area (TPSA) is 68.5 Å². The van der Waals surface area contributed by atoms with Crippen molar-refractivity contribution < 1.29 is 0 Å². The van der Waals surface area contributed by atoms with Gasteiger partial charge in [0, 0.05) is 17.8 Å². The van der Waals surface area contributed by atoms with Crippen LogP contribution in [0.25, 0.3) is 16.7 Å². The fraction of sp³-hybridized carbons (Fsp3) is 0.0588. The predicted molar refractivity (Wildman–Crippen MR) is 88.9 cm³/mol. The van der Waals surface area contributed by atoms with E-state index in [1.807, 2.05) is 48.0 Å². The smallest absolute Gasteiger partial charge is 0.227 e. The van der Waals surface area contributed by atoms with E-state index in [2.05, 4.69) is 25.4 Å². The molecule has 3 aromatic heterocycles. The van der Waals surface area contributed by atoms with Crippen molar-refractivity contribution in [2.45, 2.75) is 6.92 Å². The number of rotatable bonds is 3. The lowest BCUT2D eigenvalue weighted by atomic mass is 10.2. The van der Waals surface area contributed by atoms with Gasteiger partial charge in [0.15, 0.2) is 5.65 Å². The van der Waals surface area contributed by atoms with E-state index in [9.17, 15) is 0 Å². The monoisotopic (exact) mass is 302 g/mol. The standard InChI is InChI=1S/C17H14N6/c1-12-15-10-13(21-17-18-8-5-9-19-17)11-20-16(15)23(22-12)14-6-3-2-4-7-14/h2-11H,1H3,(H,18,19,21). The lowest BCUT2D eigenvalue weighted by molar-refractivity contribution is 0.878. The Kier molecular flexibility index (Phi) is 3.20. The van der Waals surface area contributed by atoms with Gasteiger partial charge in [-0.2, -0.15) is 5.10 Å². The summed E-state index contributed by atoms with van der Waals surface area (Å²) in [5.74, 6) is 0.543. The Hall–Kier alpha value is -3.28. The maximum Gasteiger partial charge on any atom is 0.227 e. The predicted octanol–water partition coefficient (Wildman–Crippen LogP) is 3.26. The van der Waals surface area contributed by atoms with Crippen LogP contribution in [0.5, 0.6) is 0 Å². The lowest BCUT2D eigenvalue weighted by Crippen LogP contribution is -1.99. The Morgan fingerprint density at radius 3 is 2.52 bits per heavy atom. The second-order valence-electron chi connectivity index (χ2n) is 5.13. The number of anilines is 2. The zero-order chi connectivity index (χ0) is 15.6. The summed E-state index contributed by atoms with van der Waals surface area (Å²) >= 11 is 0. The second-order valence-corrected chi connectivity index (χ2v) is 5.13. The van der Waals surface area contributed by atoms with E-state index < -0.39 is 0 Å². The molecular weight excluding hydrogens is 288 g/mol. The van der Waals surface area contributed by atoms with Crippen molar-refractivity contribution in [1.82, 2.24) is 24.7 Å². The third-order valence-corrected chi connectivity index (χ3v) is 3.53. The number of aryl methyl sites for hydroxylation is 1. The molecule has 0 aliphatic rings. The van der Waals surface area contributed by atoms with Gasteiger partial charge in [-0.3, -0.25) is 0 Å². The highest BCUT2D eigenvalue weighted by Gasteiger charge is 2.11. The average molecular weight is 302 g/mol. The summed E-state index contributed by atoms with van der Waals surface area (Å²) in [6.07, 6.45) is 5.15. The summed E-state index contributed by atoms with van der Waals surface area (Å²) in [6.45, 7) is 1.98. The molecule has 0 bridgehead atoms. The van der Waals surface area contributed by atoms with Gasteiger partial charge in [0.2, 0.25) is 5.95 Å². The van der Waals surface area contributed by atoms with Crippen LogP contribution in [-0.2, 0) is 0 Å². The van der Waals surface area contributed by atoms with Gasteiger partial charge in [-0.05, 0) is 31.2 Å². The van der Waals surface area contributed by atoms with Crippen molar-refractivity contribution in [2.75, 3.05) is 5.32 Å². The van der Waals surface area contributed by atoms with E-state index in [0.29, 0.717) is 5.95 Å². The molecule has 0 radical (unpaired) electrons.